The van der Waals surface area contributed by atoms with Crippen LogP contribution in [0.15, 0.2) is 52.3 Å². The lowest BCUT2D eigenvalue weighted by molar-refractivity contribution is 0.619. The first kappa shape index (κ1) is 14.7. The highest BCUT2D eigenvalue weighted by atomic mass is 127. The smallest absolute Gasteiger partial charge is 0.302 e. The van der Waals surface area contributed by atoms with Crippen LogP contribution in [0.25, 0.3) is 5.69 Å². The second kappa shape index (κ2) is 5.87. The molecule has 0 aliphatic carbocycles. The zero-order valence-corrected chi connectivity index (χ0v) is 13.8. The van der Waals surface area contributed by atoms with Crippen LogP contribution in [0.1, 0.15) is 5.69 Å². The highest BCUT2D eigenvalue weighted by Crippen LogP contribution is 2.04. The molecule has 0 N–H and O–H groups in total. The van der Waals surface area contributed by atoms with E-state index in [4.69, 9.17) is 0 Å². The van der Waals surface area contributed by atoms with Crippen molar-refractivity contribution >= 4 is 22.6 Å². The standard InChI is InChI=1S/C14H12IN5O2/c1-18-9-12(15)13(21)19(14(18)22)8-10-7-16-20(17-10)11-5-3-2-4-6-11/h2-7,9H,8H2,1H3. The van der Waals surface area contributed by atoms with E-state index in [-0.39, 0.29) is 17.8 Å². The lowest BCUT2D eigenvalue weighted by atomic mass is 10.3. The molecule has 0 aliphatic heterocycles. The third-order valence-electron chi connectivity index (χ3n) is 3.14. The zero-order valence-electron chi connectivity index (χ0n) is 11.7. The van der Waals surface area contributed by atoms with E-state index in [2.05, 4.69) is 10.2 Å². The van der Waals surface area contributed by atoms with Gasteiger partial charge in [0.15, 0.2) is 0 Å². The van der Waals surface area contributed by atoms with Gasteiger partial charge in [-0.3, -0.25) is 9.36 Å². The lowest BCUT2D eigenvalue weighted by Crippen LogP contribution is -2.40. The molecule has 3 aromatic rings. The summed E-state index contributed by atoms with van der Waals surface area (Å²) in [6, 6.07) is 9.43. The van der Waals surface area contributed by atoms with E-state index >= 15 is 0 Å². The Kier molecular flexibility index (Phi) is 3.92. The average Bonchev–Trinajstić information content (AvgIpc) is 2.99. The van der Waals surface area contributed by atoms with E-state index in [1.54, 1.807) is 13.2 Å². The molecule has 0 radical (unpaired) electrons. The number of hydrogen-bond donors (Lipinski definition) is 0. The summed E-state index contributed by atoms with van der Waals surface area (Å²) in [6.07, 6.45) is 3.07. The van der Waals surface area contributed by atoms with Crippen molar-refractivity contribution in [1.82, 2.24) is 24.1 Å². The number of rotatable bonds is 3. The average molecular weight is 409 g/mol. The van der Waals surface area contributed by atoms with Gasteiger partial charge in [0.1, 0.15) is 5.69 Å². The molecule has 3 rings (SSSR count). The van der Waals surface area contributed by atoms with Crippen LogP contribution in [0.4, 0.5) is 0 Å². The largest absolute Gasteiger partial charge is 0.331 e. The van der Waals surface area contributed by atoms with Gasteiger partial charge in [-0.15, -0.1) is 0 Å². The predicted octanol–water partition coefficient (Wildman–Crippen LogP) is 0.781. The fourth-order valence-corrected chi connectivity index (χ4v) is 2.75. The zero-order chi connectivity index (χ0) is 15.7. The van der Waals surface area contributed by atoms with Crippen molar-refractivity contribution in [2.24, 2.45) is 7.05 Å². The third-order valence-corrected chi connectivity index (χ3v) is 3.88. The van der Waals surface area contributed by atoms with E-state index in [9.17, 15) is 9.59 Å². The molecule has 0 amide bonds. The van der Waals surface area contributed by atoms with Crippen LogP contribution < -0.4 is 11.2 Å². The molecular weight excluding hydrogens is 397 g/mol. The Morgan fingerprint density at radius 3 is 2.64 bits per heavy atom. The van der Waals surface area contributed by atoms with Gasteiger partial charge in [0.25, 0.3) is 5.56 Å². The minimum absolute atomic E-state index is 0.0924. The number of aryl methyl sites for hydroxylation is 1. The second-order valence-electron chi connectivity index (χ2n) is 4.72. The maximum absolute atomic E-state index is 12.1. The second-order valence-corrected chi connectivity index (χ2v) is 5.88. The number of hydrogen-bond acceptors (Lipinski definition) is 4. The summed E-state index contributed by atoms with van der Waals surface area (Å²) < 4.78 is 3.02. The van der Waals surface area contributed by atoms with Crippen LogP contribution in [0.5, 0.6) is 0 Å². The summed E-state index contributed by atoms with van der Waals surface area (Å²) in [5, 5.41) is 8.48. The Bertz CT molecular complexity index is 892. The van der Waals surface area contributed by atoms with Crippen LogP contribution in [0, 0.1) is 3.57 Å². The minimum Gasteiger partial charge on any atom is -0.302 e. The van der Waals surface area contributed by atoms with Gasteiger partial charge in [-0.25, -0.2) is 4.79 Å². The molecule has 0 atom stereocenters. The van der Waals surface area contributed by atoms with Crippen molar-refractivity contribution in [2.75, 3.05) is 0 Å². The maximum Gasteiger partial charge on any atom is 0.331 e. The molecule has 7 nitrogen and oxygen atoms in total. The number of benzene rings is 1. The van der Waals surface area contributed by atoms with Crippen molar-refractivity contribution in [3.05, 3.63) is 72.8 Å². The molecule has 0 saturated carbocycles. The molecule has 0 aliphatic rings. The molecule has 0 unspecified atom stereocenters. The topological polar surface area (TPSA) is 74.7 Å². The van der Waals surface area contributed by atoms with Crippen LogP contribution in [0.3, 0.4) is 0 Å². The molecule has 0 spiro atoms. The van der Waals surface area contributed by atoms with Crippen molar-refractivity contribution in [1.29, 1.82) is 0 Å². The van der Waals surface area contributed by atoms with Crippen LogP contribution >= 0.6 is 22.6 Å². The summed E-state index contributed by atoms with van der Waals surface area (Å²) in [7, 11) is 1.61. The SMILES string of the molecule is Cn1cc(I)c(=O)n(Cc2cnn(-c3ccccc3)n2)c1=O. The molecule has 22 heavy (non-hydrogen) atoms. The monoisotopic (exact) mass is 409 g/mol. The lowest BCUT2D eigenvalue weighted by Gasteiger charge is -2.05. The van der Waals surface area contributed by atoms with Gasteiger partial charge in [0, 0.05) is 13.2 Å². The first-order valence-electron chi connectivity index (χ1n) is 6.49. The van der Waals surface area contributed by atoms with Crippen LogP contribution in [-0.4, -0.2) is 24.1 Å². The normalized spacial score (nSPS) is 10.8. The summed E-state index contributed by atoms with van der Waals surface area (Å²) >= 11 is 1.92. The first-order valence-corrected chi connectivity index (χ1v) is 7.57. The van der Waals surface area contributed by atoms with E-state index in [0.29, 0.717) is 9.26 Å². The fourth-order valence-electron chi connectivity index (χ4n) is 2.04. The molecule has 8 heteroatoms. The van der Waals surface area contributed by atoms with E-state index < -0.39 is 0 Å². The quantitative estimate of drug-likeness (QED) is 0.600. The molecule has 0 fully saturated rings. The third kappa shape index (κ3) is 2.73. The van der Waals surface area contributed by atoms with Crippen molar-refractivity contribution < 1.29 is 0 Å². The fraction of sp³-hybridized carbons (Fsp3) is 0.143. The van der Waals surface area contributed by atoms with Crippen molar-refractivity contribution in [3.8, 4) is 5.69 Å². The highest BCUT2D eigenvalue weighted by Gasteiger charge is 2.11. The van der Waals surface area contributed by atoms with E-state index in [1.807, 2.05) is 52.9 Å². The molecule has 2 heterocycles. The Hall–Kier alpha value is -2.23. The molecule has 0 saturated heterocycles. The van der Waals surface area contributed by atoms with E-state index in [0.717, 1.165) is 10.3 Å². The van der Waals surface area contributed by atoms with Crippen molar-refractivity contribution in [2.45, 2.75) is 6.54 Å². The summed E-state index contributed by atoms with van der Waals surface area (Å²) in [5.74, 6) is 0. The number of halogens is 1. The van der Waals surface area contributed by atoms with E-state index in [1.165, 1.54) is 15.6 Å². The van der Waals surface area contributed by atoms with Gasteiger partial charge in [-0.1, -0.05) is 18.2 Å². The number of para-hydroxylation sites is 1. The Labute approximate surface area is 139 Å². The molecule has 112 valence electrons. The van der Waals surface area contributed by atoms with Gasteiger partial charge in [0.2, 0.25) is 0 Å². The van der Waals surface area contributed by atoms with Crippen LogP contribution in [-0.2, 0) is 13.6 Å². The molecule has 2 aromatic heterocycles. The summed E-state index contributed by atoms with van der Waals surface area (Å²) in [6.45, 7) is 0.0924. The van der Waals surface area contributed by atoms with Gasteiger partial charge in [-0.2, -0.15) is 15.0 Å². The minimum atomic E-state index is -0.375. The summed E-state index contributed by atoms with van der Waals surface area (Å²) in [4.78, 5) is 25.7. The Morgan fingerprint density at radius 1 is 1.18 bits per heavy atom. The maximum atomic E-state index is 12.1. The Morgan fingerprint density at radius 2 is 1.91 bits per heavy atom. The number of nitrogens with zero attached hydrogens (tertiary/aromatic N) is 5. The Balaban J connectivity index is 1.98. The predicted molar refractivity (Wildman–Crippen MR) is 89.1 cm³/mol. The van der Waals surface area contributed by atoms with Gasteiger partial charge >= 0.3 is 5.69 Å². The van der Waals surface area contributed by atoms with Crippen molar-refractivity contribution in [3.63, 3.8) is 0 Å². The van der Waals surface area contributed by atoms with Crippen LogP contribution in [0.2, 0.25) is 0 Å². The number of aromatic nitrogens is 5. The van der Waals surface area contributed by atoms with Gasteiger partial charge < -0.3 is 4.57 Å². The molecule has 0 bridgehead atoms. The molecular formula is C14H12IN5O2. The van der Waals surface area contributed by atoms with Gasteiger partial charge in [0.05, 0.1) is 22.0 Å². The first-order chi connectivity index (χ1) is 10.6. The highest BCUT2D eigenvalue weighted by molar-refractivity contribution is 14.1. The molecule has 1 aromatic carbocycles. The van der Waals surface area contributed by atoms with Gasteiger partial charge in [-0.05, 0) is 34.7 Å². The summed E-state index contributed by atoms with van der Waals surface area (Å²) in [5.41, 5.74) is 0.666.